The molecule has 136 valence electrons. The number of fused-ring (bicyclic) bond motifs is 1. The largest absolute Gasteiger partial charge is 0.469 e. The van der Waals surface area contributed by atoms with Gasteiger partial charge in [0, 0.05) is 12.5 Å². The van der Waals surface area contributed by atoms with Gasteiger partial charge in [-0.25, -0.2) is 4.98 Å². The lowest BCUT2D eigenvalue weighted by atomic mass is 10.2. The standard InChI is InChI=1S/C16H18N6O3S/c1-10(16-18-11-5-3-4-6-12(11)26-16)8-17-14(23)9-22-20-13(19-21-22)7-15(24)25-2/h3-6,10H,7-9H2,1-2H3,(H,17,23). The number of carbonyl (C=O) groups is 2. The summed E-state index contributed by atoms with van der Waals surface area (Å²) in [7, 11) is 1.28. The van der Waals surface area contributed by atoms with Gasteiger partial charge in [-0.2, -0.15) is 4.80 Å². The molecule has 0 bridgehead atoms. The van der Waals surface area contributed by atoms with E-state index in [1.807, 2.05) is 31.2 Å². The van der Waals surface area contributed by atoms with Crippen molar-refractivity contribution in [3.8, 4) is 0 Å². The molecule has 10 heteroatoms. The normalized spacial score (nSPS) is 12.1. The highest BCUT2D eigenvalue weighted by Gasteiger charge is 2.14. The first-order valence-corrected chi connectivity index (χ1v) is 8.82. The highest BCUT2D eigenvalue weighted by Crippen LogP contribution is 2.26. The Morgan fingerprint density at radius 1 is 1.35 bits per heavy atom. The van der Waals surface area contributed by atoms with Gasteiger partial charge in [-0.3, -0.25) is 9.59 Å². The van der Waals surface area contributed by atoms with Crippen molar-refractivity contribution in [2.75, 3.05) is 13.7 Å². The molecule has 3 rings (SSSR count). The average molecular weight is 374 g/mol. The number of esters is 1. The summed E-state index contributed by atoms with van der Waals surface area (Å²) in [6.45, 7) is 2.41. The molecule has 1 atom stereocenters. The molecule has 26 heavy (non-hydrogen) atoms. The number of amides is 1. The number of hydrogen-bond acceptors (Lipinski definition) is 8. The number of nitrogens with zero attached hydrogens (tertiary/aromatic N) is 5. The Bertz CT molecular complexity index is 889. The number of aromatic nitrogens is 5. The zero-order chi connectivity index (χ0) is 18.5. The van der Waals surface area contributed by atoms with Gasteiger partial charge in [-0.15, -0.1) is 21.5 Å². The minimum absolute atomic E-state index is 0.0687. The van der Waals surface area contributed by atoms with Crippen molar-refractivity contribution in [3.63, 3.8) is 0 Å². The van der Waals surface area contributed by atoms with Gasteiger partial charge in [0.2, 0.25) is 5.91 Å². The number of tetrazole rings is 1. The van der Waals surface area contributed by atoms with Gasteiger partial charge >= 0.3 is 5.97 Å². The number of carbonyl (C=O) groups excluding carboxylic acids is 2. The third-order valence-corrected chi connectivity index (χ3v) is 4.91. The van der Waals surface area contributed by atoms with E-state index in [1.165, 1.54) is 7.11 Å². The number of methoxy groups -OCH3 is 1. The predicted molar refractivity (Wildman–Crippen MR) is 94.6 cm³/mol. The molecule has 1 unspecified atom stereocenters. The van der Waals surface area contributed by atoms with Gasteiger partial charge in [0.05, 0.1) is 22.3 Å². The zero-order valence-corrected chi connectivity index (χ0v) is 15.2. The second-order valence-corrected chi connectivity index (χ2v) is 6.78. The highest BCUT2D eigenvalue weighted by atomic mass is 32.1. The SMILES string of the molecule is COC(=O)Cc1nnn(CC(=O)NCC(C)c2nc3ccccc3s2)n1. The molecule has 0 spiro atoms. The molecule has 1 N–H and O–H groups in total. The Morgan fingerprint density at radius 3 is 2.92 bits per heavy atom. The molecular formula is C16H18N6O3S. The van der Waals surface area contributed by atoms with Crippen LogP contribution < -0.4 is 5.32 Å². The van der Waals surface area contributed by atoms with E-state index in [-0.39, 0.29) is 30.6 Å². The first kappa shape index (κ1) is 17.9. The third-order valence-electron chi connectivity index (χ3n) is 3.65. The van der Waals surface area contributed by atoms with Crippen LogP contribution in [-0.2, 0) is 27.3 Å². The van der Waals surface area contributed by atoms with E-state index in [0.29, 0.717) is 6.54 Å². The number of rotatable bonds is 7. The zero-order valence-electron chi connectivity index (χ0n) is 14.4. The van der Waals surface area contributed by atoms with E-state index < -0.39 is 5.97 Å². The number of benzene rings is 1. The van der Waals surface area contributed by atoms with Gasteiger partial charge < -0.3 is 10.1 Å². The molecule has 0 aliphatic carbocycles. The van der Waals surface area contributed by atoms with Crippen LogP contribution in [0.25, 0.3) is 10.2 Å². The van der Waals surface area contributed by atoms with Crippen LogP contribution in [0.2, 0.25) is 0 Å². The van der Waals surface area contributed by atoms with Crippen molar-refractivity contribution in [3.05, 3.63) is 35.1 Å². The number of nitrogens with one attached hydrogen (secondary N) is 1. The highest BCUT2D eigenvalue weighted by molar-refractivity contribution is 7.18. The summed E-state index contributed by atoms with van der Waals surface area (Å²) in [6.07, 6.45) is -0.0766. The van der Waals surface area contributed by atoms with Crippen LogP contribution in [0.3, 0.4) is 0 Å². The minimum atomic E-state index is -0.460. The molecule has 0 radical (unpaired) electrons. The molecule has 1 amide bonds. The average Bonchev–Trinajstić information content (AvgIpc) is 3.26. The van der Waals surface area contributed by atoms with Crippen molar-refractivity contribution < 1.29 is 14.3 Å². The fraction of sp³-hybridized carbons (Fsp3) is 0.375. The Kier molecular flexibility index (Phi) is 5.52. The lowest BCUT2D eigenvalue weighted by molar-refractivity contribution is -0.139. The lowest BCUT2D eigenvalue weighted by Gasteiger charge is -2.09. The fourth-order valence-corrected chi connectivity index (χ4v) is 3.27. The van der Waals surface area contributed by atoms with Crippen LogP contribution in [0.4, 0.5) is 0 Å². The van der Waals surface area contributed by atoms with Crippen LogP contribution in [0, 0.1) is 0 Å². The Hall–Kier alpha value is -2.88. The molecule has 2 heterocycles. The smallest absolute Gasteiger partial charge is 0.313 e. The van der Waals surface area contributed by atoms with E-state index in [1.54, 1.807) is 11.3 Å². The Morgan fingerprint density at radius 2 is 2.15 bits per heavy atom. The van der Waals surface area contributed by atoms with Gasteiger partial charge in [0.1, 0.15) is 13.0 Å². The summed E-state index contributed by atoms with van der Waals surface area (Å²) in [6, 6.07) is 7.95. The van der Waals surface area contributed by atoms with Gasteiger partial charge in [-0.1, -0.05) is 19.1 Å². The summed E-state index contributed by atoms with van der Waals surface area (Å²) < 4.78 is 5.66. The molecule has 0 saturated carbocycles. The van der Waals surface area contributed by atoms with E-state index in [2.05, 4.69) is 30.4 Å². The molecule has 0 aliphatic heterocycles. The first-order chi connectivity index (χ1) is 12.5. The van der Waals surface area contributed by atoms with Gasteiger partial charge in [-0.05, 0) is 17.3 Å². The number of para-hydroxylation sites is 1. The second-order valence-electron chi connectivity index (χ2n) is 5.71. The summed E-state index contributed by atoms with van der Waals surface area (Å²) in [4.78, 5) is 29.0. The minimum Gasteiger partial charge on any atom is -0.469 e. The van der Waals surface area contributed by atoms with Crippen molar-refractivity contribution in [1.29, 1.82) is 0 Å². The Labute approximate surface area is 153 Å². The topological polar surface area (TPSA) is 112 Å². The maximum Gasteiger partial charge on any atom is 0.313 e. The van der Waals surface area contributed by atoms with E-state index in [4.69, 9.17) is 0 Å². The van der Waals surface area contributed by atoms with E-state index >= 15 is 0 Å². The molecular weight excluding hydrogens is 356 g/mol. The van der Waals surface area contributed by atoms with Crippen LogP contribution in [0.15, 0.2) is 24.3 Å². The summed E-state index contributed by atoms with van der Waals surface area (Å²) in [5, 5.41) is 15.3. The van der Waals surface area contributed by atoms with Crippen molar-refractivity contribution in [2.24, 2.45) is 0 Å². The molecule has 0 saturated heterocycles. The monoisotopic (exact) mass is 374 g/mol. The molecule has 0 fully saturated rings. The van der Waals surface area contributed by atoms with Crippen LogP contribution in [0.1, 0.15) is 23.7 Å². The summed E-state index contributed by atoms with van der Waals surface area (Å²) in [5.74, 6) is -0.388. The molecule has 1 aromatic carbocycles. The molecule has 0 aliphatic rings. The summed E-state index contributed by atoms with van der Waals surface area (Å²) >= 11 is 1.63. The number of hydrogen-bond donors (Lipinski definition) is 1. The lowest BCUT2D eigenvalue weighted by Crippen LogP contribution is -2.31. The quantitative estimate of drug-likeness (QED) is 0.612. The second kappa shape index (κ2) is 8.00. The van der Waals surface area contributed by atoms with Crippen LogP contribution in [-0.4, -0.2) is 50.7 Å². The molecule has 3 aromatic rings. The van der Waals surface area contributed by atoms with E-state index in [0.717, 1.165) is 20.0 Å². The number of ether oxygens (including phenoxy) is 1. The van der Waals surface area contributed by atoms with Crippen LogP contribution >= 0.6 is 11.3 Å². The fourth-order valence-electron chi connectivity index (χ4n) is 2.25. The number of thiazole rings is 1. The predicted octanol–water partition coefficient (Wildman–Crippen LogP) is 0.918. The maximum absolute atomic E-state index is 12.1. The van der Waals surface area contributed by atoms with Crippen LogP contribution in [0.5, 0.6) is 0 Å². The molecule has 9 nitrogen and oxygen atoms in total. The van der Waals surface area contributed by atoms with Crippen molar-refractivity contribution in [2.45, 2.75) is 25.8 Å². The first-order valence-electron chi connectivity index (χ1n) is 8.01. The van der Waals surface area contributed by atoms with Gasteiger partial charge in [0.25, 0.3) is 0 Å². The third kappa shape index (κ3) is 4.39. The van der Waals surface area contributed by atoms with Crippen molar-refractivity contribution >= 4 is 33.4 Å². The summed E-state index contributed by atoms with van der Waals surface area (Å²) in [5.41, 5.74) is 0.968. The Balaban J connectivity index is 1.51. The van der Waals surface area contributed by atoms with Crippen molar-refractivity contribution in [1.82, 2.24) is 30.5 Å². The maximum atomic E-state index is 12.1. The van der Waals surface area contributed by atoms with Gasteiger partial charge in [0.15, 0.2) is 5.82 Å². The molecule has 2 aromatic heterocycles. The van der Waals surface area contributed by atoms with E-state index in [9.17, 15) is 9.59 Å².